The maximum absolute atomic E-state index is 11.3. The molecule has 0 radical (unpaired) electrons. The zero-order valence-corrected chi connectivity index (χ0v) is 15.0. The van der Waals surface area contributed by atoms with Crippen molar-refractivity contribution in [2.75, 3.05) is 5.75 Å². The van der Waals surface area contributed by atoms with E-state index in [4.69, 9.17) is 0 Å². The van der Waals surface area contributed by atoms with Crippen molar-refractivity contribution in [2.45, 2.75) is 30.8 Å². The van der Waals surface area contributed by atoms with Gasteiger partial charge in [0.1, 0.15) is 0 Å². The molecule has 1 nitrogen and oxygen atoms in total. The van der Waals surface area contributed by atoms with Gasteiger partial charge in [0, 0.05) is 10.7 Å². The molecule has 0 fully saturated rings. The number of hydrogen-bond donors (Lipinski definition) is 0. The number of carbonyl (C=O) groups is 1. The number of hydrogen-bond acceptors (Lipinski definition) is 4. The van der Waals surface area contributed by atoms with E-state index in [0.29, 0.717) is 4.58 Å². The highest BCUT2D eigenvalue weighted by Crippen LogP contribution is 2.51. The van der Waals surface area contributed by atoms with Crippen LogP contribution < -0.4 is 0 Å². The van der Waals surface area contributed by atoms with E-state index in [2.05, 4.69) is 57.0 Å². The summed E-state index contributed by atoms with van der Waals surface area (Å²) in [6, 6.07) is 8.91. The molecular formula is C17H20OS3. The van der Waals surface area contributed by atoms with E-state index in [1.807, 2.05) is 23.5 Å². The summed E-state index contributed by atoms with van der Waals surface area (Å²) in [6.45, 7) is 10.2. The van der Waals surface area contributed by atoms with Gasteiger partial charge in [0.05, 0.1) is 4.58 Å². The first-order chi connectivity index (χ1) is 9.90. The van der Waals surface area contributed by atoms with Gasteiger partial charge in [-0.25, -0.2) is 0 Å². The van der Waals surface area contributed by atoms with Crippen LogP contribution >= 0.6 is 35.3 Å². The lowest BCUT2D eigenvalue weighted by Gasteiger charge is -2.20. The van der Waals surface area contributed by atoms with Crippen LogP contribution in [0.5, 0.6) is 0 Å². The molecule has 0 bridgehead atoms. The maximum atomic E-state index is 11.3. The topological polar surface area (TPSA) is 17.1 Å². The van der Waals surface area contributed by atoms with Gasteiger partial charge in [-0.1, -0.05) is 63.4 Å². The van der Waals surface area contributed by atoms with E-state index in [1.165, 1.54) is 33.9 Å². The molecular weight excluding hydrogens is 316 g/mol. The molecule has 0 N–H and O–H groups in total. The average Bonchev–Trinajstić information content (AvgIpc) is 2.93. The summed E-state index contributed by atoms with van der Waals surface area (Å²) in [5.41, 5.74) is 2.89. The first-order valence-corrected chi connectivity index (χ1v) is 9.62. The van der Waals surface area contributed by atoms with Crippen molar-refractivity contribution in [1.29, 1.82) is 0 Å². The Morgan fingerprint density at radius 1 is 1.33 bits per heavy atom. The smallest absolute Gasteiger partial charge is 0.211 e. The van der Waals surface area contributed by atoms with Crippen molar-refractivity contribution in [2.24, 2.45) is 0 Å². The Bertz CT molecular complexity index is 552. The fraction of sp³-hybridized carbons (Fsp3) is 0.353. The number of benzene rings is 1. The van der Waals surface area contributed by atoms with Crippen molar-refractivity contribution in [3.8, 4) is 0 Å². The minimum atomic E-state index is 0.0412. The van der Waals surface area contributed by atoms with Gasteiger partial charge in [-0.3, -0.25) is 4.79 Å². The molecule has 0 spiro atoms. The average molecular weight is 337 g/mol. The highest BCUT2D eigenvalue weighted by Gasteiger charge is 2.21. The molecule has 0 aliphatic carbocycles. The Morgan fingerprint density at radius 2 is 2.00 bits per heavy atom. The Labute approximate surface area is 140 Å². The molecule has 1 aliphatic heterocycles. The molecule has 4 heteroatoms. The van der Waals surface area contributed by atoms with Gasteiger partial charge in [-0.15, -0.1) is 23.5 Å². The van der Waals surface area contributed by atoms with Crippen LogP contribution in [-0.2, 0) is 10.2 Å². The first-order valence-electron chi connectivity index (χ1n) is 6.81. The lowest BCUT2D eigenvalue weighted by molar-refractivity contribution is -0.107. The third kappa shape index (κ3) is 4.70. The predicted molar refractivity (Wildman–Crippen MR) is 98.8 cm³/mol. The number of rotatable bonds is 4. The standard InChI is InChI=1S/C17H20OS3/c1-5-15(18)19-10-14-11-20-16(21-14)12-6-8-13(9-7-12)17(2,3)4/h5-9,11,16H,1,10H2,2-4H3. The molecule has 1 atom stereocenters. The molecule has 0 amide bonds. The molecule has 0 aromatic heterocycles. The van der Waals surface area contributed by atoms with Crippen molar-refractivity contribution in [3.63, 3.8) is 0 Å². The Balaban J connectivity index is 1.94. The molecule has 2 rings (SSSR count). The normalized spacial score (nSPS) is 18.4. The summed E-state index contributed by atoms with van der Waals surface area (Å²) in [5.74, 6) is 0.749. The zero-order valence-electron chi connectivity index (χ0n) is 12.6. The number of thioether (sulfide) groups is 3. The summed E-state index contributed by atoms with van der Waals surface area (Å²) in [4.78, 5) is 12.5. The molecule has 1 aromatic rings. The molecule has 1 aliphatic rings. The van der Waals surface area contributed by atoms with Crippen molar-refractivity contribution < 1.29 is 4.79 Å². The van der Waals surface area contributed by atoms with Crippen LogP contribution in [0, 0.1) is 0 Å². The monoisotopic (exact) mass is 336 g/mol. The minimum absolute atomic E-state index is 0.0412. The van der Waals surface area contributed by atoms with Crippen LogP contribution in [-0.4, -0.2) is 10.9 Å². The molecule has 0 saturated heterocycles. The maximum Gasteiger partial charge on any atom is 0.211 e. The van der Waals surface area contributed by atoms with E-state index in [0.717, 1.165) is 5.75 Å². The van der Waals surface area contributed by atoms with E-state index in [9.17, 15) is 4.79 Å². The second kappa shape index (κ2) is 7.12. The van der Waals surface area contributed by atoms with E-state index < -0.39 is 0 Å². The number of carbonyl (C=O) groups excluding carboxylic acids is 1. The van der Waals surface area contributed by atoms with Gasteiger partial charge in [0.25, 0.3) is 0 Å². The highest BCUT2D eigenvalue weighted by atomic mass is 32.2. The van der Waals surface area contributed by atoms with Crippen molar-refractivity contribution >= 4 is 40.4 Å². The van der Waals surface area contributed by atoms with Crippen LogP contribution in [0.25, 0.3) is 0 Å². The van der Waals surface area contributed by atoms with Gasteiger partial charge in [-0.05, 0) is 28.0 Å². The van der Waals surface area contributed by atoms with Gasteiger partial charge < -0.3 is 0 Å². The second-order valence-corrected chi connectivity index (χ2v) is 9.34. The van der Waals surface area contributed by atoms with Gasteiger partial charge in [0.2, 0.25) is 5.12 Å². The molecule has 112 valence electrons. The fourth-order valence-electron chi connectivity index (χ4n) is 1.89. The van der Waals surface area contributed by atoms with E-state index >= 15 is 0 Å². The molecule has 1 aromatic carbocycles. The van der Waals surface area contributed by atoms with Crippen LogP contribution in [0.3, 0.4) is 0 Å². The Hall–Kier alpha value is -0.580. The quantitative estimate of drug-likeness (QED) is 0.651. The third-order valence-corrected chi connectivity index (χ3v) is 7.01. The summed E-state index contributed by atoms with van der Waals surface area (Å²) in [7, 11) is 0. The Kier molecular flexibility index (Phi) is 5.69. The summed E-state index contributed by atoms with van der Waals surface area (Å²) < 4.78 is 0.411. The zero-order chi connectivity index (χ0) is 15.5. The van der Waals surface area contributed by atoms with Crippen molar-refractivity contribution in [3.05, 3.63) is 58.4 Å². The van der Waals surface area contributed by atoms with Crippen LogP contribution in [0.15, 0.2) is 47.2 Å². The summed E-state index contributed by atoms with van der Waals surface area (Å²) in [6.07, 6.45) is 1.38. The largest absolute Gasteiger partial charge is 0.282 e. The lowest BCUT2D eigenvalue weighted by atomic mass is 9.87. The van der Waals surface area contributed by atoms with E-state index in [1.54, 1.807) is 0 Å². The minimum Gasteiger partial charge on any atom is -0.282 e. The summed E-state index contributed by atoms with van der Waals surface area (Å²) in [5, 5.41) is 2.22. The van der Waals surface area contributed by atoms with E-state index in [-0.39, 0.29) is 10.5 Å². The van der Waals surface area contributed by atoms with Crippen molar-refractivity contribution in [1.82, 2.24) is 0 Å². The molecule has 1 heterocycles. The third-order valence-electron chi connectivity index (χ3n) is 3.15. The highest BCUT2D eigenvalue weighted by molar-refractivity contribution is 8.23. The predicted octanol–water partition coefficient (Wildman–Crippen LogP) is 5.75. The SMILES string of the molecule is C=CC(=O)SCC1=CSC(c2ccc(C(C)(C)C)cc2)S1. The Morgan fingerprint density at radius 3 is 2.57 bits per heavy atom. The molecule has 1 unspecified atom stereocenters. The molecule has 0 saturated carbocycles. The fourth-order valence-corrected chi connectivity index (χ4v) is 5.32. The van der Waals surface area contributed by atoms with Crippen LogP contribution in [0.4, 0.5) is 0 Å². The van der Waals surface area contributed by atoms with Gasteiger partial charge >= 0.3 is 0 Å². The van der Waals surface area contributed by atoms with Crippen LogP contribution in [0.2, 0.25) is 0 Å². The first kappa shape index (κ1) is 16.8. The molecule has 21 heavy (non-hydrogen) atoms. The second-order valence-electron chi connectivity index (χ2n) is 5.85. The van der Waals surface area contributed by atoms with Gasteiger partial charge in [0.15, 0.2) is 0 Å². The lowest BCUT2D eigenvalue weighted by Crippen LogP contribution is -2.10. The summed E-state index contributed by atoms with van der Waals surface area (Å²) >= 11 is 4.99. The van der Waals surface area contributed by atoms with Crippen LogP contribution in [0.1, 0.15) is 36.5 Å². The van der Waals surface area contributed by atoms with Gasteiger partial charge in [-0.2, -0.15) is 0 Å².